The molecule has 0 atom stereocenters. The predicted molar refractivity (Wildman–Crippen MR) is 77.7 cm³/mol. The molecule has 6 nitrogen and oxygen atoms in total. The average Bonchev–Trinajstić information content (AvgIpc) is 2.31. The number of amides is 2. The maximum absolute atomic E-state index is 12.3. The van der Waals surface area contributed by atoms with Gasteiger partial charge in [-0.2, -0.15) is 0 Å². The second-order valence-corrected chi connectivity index (χ2v) is 5.67. The summed E-state index contributed by atoms with van der Waals surface area (Å²) >= 11 is 0. The Bertz CT molecular complexity index is 378. The van der Waals surface area contributed by atoms with Crippen molar-refractivity contribution in [2.24, 2.45) is 0 Å². The van der Waals surface area contributed by atoms with Crippen LogP contribution < -0.4 is 0 Å². The number of aliphatic carboxylic acids is 1. The summed E-state index contributed by atoms with van der Waals surface area (Å²) in [7, 11) is 5.77. The van der Waals surface area contributed by atoms with Gasteiger partial charge in [-0.15, -0.1) is 6.58 Å². The molecule has 114 valence electrons. The van der Waals surface area contributed by atoms with E-state index in [0.717, 1.165) is 12.8 Å². The molecule has 0 heterocycles. The smallest absolute Gasteiger partial charge is 0.323 e. The summed E-state index contributed by atoms with van der Waals surface area (Å²) in [6.45, 7) is 4.12. The fourth-order valence-electron chi connectivity index (χ4n) is 2.61. The number of nitrogens with zero attached hydrogens (tertiary/aromatic N) is 3. The van der Waals surface area contributed by atoms with E-state index < -0.39 is 5.97 Å². The van der Waals surface area contributed by atoms with Gasteiger partial charge in [0.05, 0.1) is 0 Å². The monoisotopic (exact) mass is 283 g/mol. The molecule has 0 aliphatic heterocycles. The molecule has 0 unspecified atom stereocenters. The van der Waals surface area contributed by atoms with Gasteiger partial charge in [0, 0.05) is 25.7 Å². The van der Waals surface area contributed by atoms with Gasteiger partial charge < -0.3 is 19.8 Å². The predicted octanol–water partition coefficient (Wildman–Crippen LogP) is 1.10. The normalized spacial score (nSPS) is 16.4. The van der Waals surface area contributed by atoms with Gasteiger partial charge >= 0.3 is 12.0 Å². The highest BCUT2D eigenvalue weighted by Crippen LogP contribution is 2.36. The van der Waals surface area contributed by atoms with E-state index in [9.17, 15) is 9.59 Å². The van der Waals surface area contributed by atoms with Crippen LogP contribution in [-0.2, 0) is 4.79 Å². The van der Waals surface area contributed by atoms with Crippen molar-refractivity contribution in [3.63, 3.8) is 0 Å². The van der Waals surface area contributed by atoms with Crippen molar-refractivity contribution in [2.75, 3.05) is 40.8 Å². The standard InChI is InChI=1S/C14H25N3O3/c1-5-9-17(10-12(18)19)13(20)16(4)11-14(15(2)3)7-6-8-14/h5H,1,6-11H2,2-4H3,(H,18,19). The number of hydrogen-bond acceptors (Lipinski definition) is 3. The lowest BCUT2D eigenvalue weighted by Gasteiger charge is -2.49. The number of urea groups is 1. The highest BCUT2D eigenvalue weighted by molar-refractivity contribution is 5.80. The molecule has 0 spiro atoms. The third kappa shape index (κ3) is 3.72. The van der Waals surface area contributed by atoms with Crippen molar-refractivity contribution in [1.82, 2.24) is 14.7 Å². The van der Waals surface area contributed by atoms with Gasteiger partial charge in [0.25, 0.3) is 0 Å². The fraction of sp³-hybridized carbons (Fsp3) is 0.714. The second kappa shape index (κ2) is 6.74. The minimum Gasteiger partial charge on any atom is -0.480 e. The number of carboxylic acid groups (broad SMARTS) is 1. The van der Waals surface area contributed by atoms with Crippen molar-refractivity contribution in [1.29, 1.82) is 0 Å². The third-order valence-corrected chi connectivity index (χ3v) is 4.04. The van der Waals surface area contributed by atoms with E-state index in [4.69, 9.17) is 5.11 Å². The summed E-state index contributed by atoms with van der Waals surface area (Å²) in [6, 6.07) is -0.263. The Morgan fingerprint density at radius 3 is 2.25 bits per heavy atom. The molecule has 0 aromatic rings. The molecule has 0 bridgehead atoms. The minimum absolute atomic E-state index is 0.0352. The van der Waals surface area contributed by atoms with Gasteiger partial charge in [-0.05, 0) is 33.4 Å². The molecule has 20 heavy (non-hydrogen) atoms. The molecule has 1 fully saturated rings. The highest BCUT2D eigenvalue weighted by Gasteiger charge is 2.41. The van der Waals surface area contributed by atoms with Crippen molar-refractivity contribution >= 4 is 12.0 Å². The summed E-state index contributed by atoms with van der Waals surface area (Å²) in [4.78, 5) is 28.2. The largest absolute Gasteiger partial charge is 0.480 e. The van der Waals surface area contributed by atoms with E-state index in [1.54, 1.807) is 18.0 Å². The van der Waals surface area contributed by atoms with Crippen LogP contribution in [0.1, 0.15) is 19.3 Å². The van der Waals surface area contributed by atoms with Crippen molar-refractivity contribution in [3.8, 4) is 0 Å². The number of likely N-dealkylation sites (N-methyl/N-ethyl adjacent to an activating group) is 2. The zero-order chi connectivity index (χ0) is 15.3. The van der Waals surface area contributed by atoms with Gasteiger partial charge in [0.1, 0.15) is 6.54 Å². The number of hydrogen-bond donors (Lipinski definition) is 1. The lowest BCUT2D eigenvalue weighted by molar-refractivity contribution is -0.137. The number of carbonyl (C=O) groups is 2. The minimum atomic E-state index is -1.01. The molecule has 1 aliphatic rings. The quantitative estimate of drug-likeness (QED) is 0.711. The van der Waals surface area contributed by atoms with Gasteiger partial charge in [-0.1, -0.05) is 6.08 Å². The zero-order valence-electron chi connectivity index (χ0n) is 12.6. The fourth-order valence-corrected chi connectivity index (χ4v) is 2.61. The van der Waals surface area contributed by atoms with Gasteiger partial charge in [-0.25, -0.2) is 4.79 Å². The van der Waals surface area contributed by atoms with E-state index in [1.165, 1.54) is 11.3 Å². The van der Waals surface area contributed by atoms with Crippen LogP contribution in [0, 0.1) is 0 Å². The van der Waals surface area contributed by atoms with Crippen LogP contribution in [-0.4, -0.2) is 78.1 Å². The molecule has 0 saturated heterocycles. The summed E-state index contributed by atoms with van der Waals surface area (Å²) in [6.07, 6.45) is 4.85. The lowest BCUT2D eigenvalue weighted by Crippen LogP contribution is -2.59. The molecule has 0 aromatic carbocycles. The van der Waals surface area contributed by atoms with Crippen LogP contribution in [0.15, 0.2) is 12.7 Å². The van der Waals surface area contributed by atoms with Crippen LogP contribution in [0.25, 0.3) is 0 Å². The van der Waals surface area contributed by atoms with E-state index >= 15 is 0 Å². The number of carbonyl (C=O) groups excluding carboxylic acids is 1. The lowest BCUT2D eigenvalue weighted by atomic mass is 9.75. The molecule has 1 rings (SSSR count). The number of carboxylic acids is 1. The summed E-state index contributed by atoms with van der Waals surface area (Å²) in [5.74, 6) is -1.01. The SMILES string of the molecule is C=CCN(CC(=O)O)C(=O)N(C)CC1(N(C)C)CCC1. The topological polar surface area (TPSA) is 64.1 Å². The molecular weight excluding hydrogens is 258 g/mol. The molecule has 0 aromatic heterocycles. The maximum atomic E-state index is 12.3. The first-order valence-electron chi connectivity index (χ1n) is 6.82. The van der Waals surface area contributed by atoms with E-state index in [2.05, 4.69) is 11.5 Å². The van der Waals surface area contributed by atoms with E-state index in [0.29, 0.717) is 6.54 Å². The zero-order valence-corrected chi connectivity index (χ0v) is 12.6. The van der Waals surface area contributed by atoms with Gasteiger partial charge in [0.2, 0.25) is 0 Å². The van der Waals surface area contributed by atoms with Crippen molar-refractivity contribution < 1.29 is 14.7 Å². The van der Waals surface area contributed by atoms with Crippen LogP contribution in [0.4, 0.5) is 4.79 Å². The molecule has 2 amide bonds. The Kier molecular flexibility index (Phi) is 5.56. The first-order valence-corrected chi connectivity index (χ1v) is 6.82. The van der Waals surface area contributed by atoms with Crippen molar-refractivity contribution in [2.45, 2.75) is 24.8 Å². The molecule has 1 aliphatic carbocycles. The Morgan fingerprint density at radius 2 is 1.90 bits per heavy atom. The third-order valence-electron chi connectivity index (χ3n) is 4.04. The maximum Gasteiger partial charge on any atom is 0.323 e. The second-order valence-electron chi connectivity index (χ2n) is 5.67. The number of rotatable bonds is 7. The van der Waals surface area contributed by atoms with E-state index in [-0.39, 0.29) is 24.7 Å². The van der Waals surface area contributed by atoms with Gasteiger partial charge in [0.15, 0.2) is 0 Å². The molecule has 0 radical (unpaired) electrons. The summed E-state index contributed by atoms with van der Waals surface area (Å²) in [5, 5.41) is 8.86. The van der Waals surface area contributed by atoms with Crippen molar-refractivity contribution in [3.05, 3.63) is 12.7 Å². The van der Waals surface area contributed by atoms with Crippen LogP contribution in [0.5, 0.6) is 0 Å². The molecule has 1 saturated carbocycles. The first-order chi connectivity index (χ1) is 9.32. The Morgan fingerprint density at radius 1 is 1.30 bits per heavy atom. The Balaban J connectivity index is 2.68. The first kappa shape index (κ1) is 16.5. The van der Waals surface area contributed by atoms with Crippen LogP contribution in [0.3, 0.4) is 0 Å². The Labute approximate surface area is 120 Å². The molecule has 1 N–H and O–H groups in total. The van der Waals surface area contributed by atoms with Crippen LogP contribution in [0.2, 0.25) is 0 Å². The average molecular weight is 283 g/mol. The highest BCUT2D eigenvalue weighted by atomic mass is 16.4. The summed E-state index contributed by atoms with van der Waals surface area (Å²) in [5.41, 5.74) is 0.0352. The van der Waals surface area contributed by atoms with Crippen LogP contribution >= 0.6 is 0 Å². The molecule has 6 heteroatoms. The van der Waals surface area contributed by atoms with Gasteiger partial charge in [-0.3, -0.25) is 4.79 Å². The summed E-state index contributed by atoms with van der Waals surface area (Å²) < 4.78 is 0. The van der Waals surface area contributed by atoms with E-state index in [1.807, 2.05) is 14.1 Å². The molecular formula is C14H25N3O3. The Hall–Kier alpha value is -1.56.